The summed E-state index contributed by atoms with van der Waals surface area (Å²) in [5.74, 6) is 0. The number of aromatic nitrogens is 2. The number of thiazole rings is 1. The molecule has 120 valence electrons. The van der Waals surface area contributed by atoms with Crippen LogP contribution in [0.4, 0.5) is 4.79 Å². The van der Waals surface area contributed by atoms with Crippen molar-refractivity contribution < 1.29 is 4.79 Å². The summed E-state index contributed by atoms with van der Waals surface area (Å²) in [7, 11) is 2.04. The molecule has 6 heteroatoms. The summed E-state index contributed by atoms with van der Waals surface area (Å²) < 4.78 is 2.11. The number of amides is 2. The summed E-state index contributed by atoms with van der Waals surface area (Å²) in [5, 5.41) is 8.85. The van der Waals surface area contributed by atoms with Crippen LogP contribution in [0.1, 0.15) is 42.7 Å². The number of urea groups is 1. The van der Waals surface area contributed by atoms with E-state index in [2.05, 4.69) is 26.3 Å². The maximum atomic E-state index is 12.0. The van der Waals surface area contributed by atoms with E-state index < -0.39 is 0 Å². The fraction of sp³-hybridized carbons (Fsp3) is 0.500. The van der Waals surface area contributed by atoms with Crippen LogP contribution in [0.3, 0.4) is 0 Å². The van der Waals surface area contributed by atoms with Gasteiger partial charge < -0.3 is 15.2 Å². The van der Waals surface area contributed by atoms with Crippen LogP contribution in [-0.2, 0) is 13.5 Å². The zero-order chi connectivity index (χ0) is 16.1. The molecule has 0 aliphatic carbocycles. The Hall–Kier alpha value is -1.82. The minimum atomic E-state index is -0.139. The monoisotopic (exact) mass is 320 g/mol. The second-order valence-electron chi connectivity index (χ2n) is 5.72. The maximum Gasteiger partial charge on any atom is 0.315 e. The minimum absolute atomic E-state index is 0.0706. The summed E-state index contributed by atoms with van der Waals surface area (Å²) in [6.45, 7) is 5.94. The van der Waals surface area contributed by atoms with Crippen molar-refractivity contribution in [3.05, 3.63) is 40.1 Å². The van der Waals surface area contributed by atoms with Gasteiger partial charge >= 0.3 is 6.03 Å². The summed E-state index contributed by atoms with van der Waals surface area (Å²) in [5.41, 5.74) is 2.27. The zero-order valence-corrected chi connectivity index (χ0v) is 14.4. The van der Waals surface area contributed by atoms with Crippen LogP contribution in [0.15, 0.2) is 23.7 Å². The lowest BCUT2D eigenvalue weighted by Gasteiger charge is -2.17. The first-order valence-corrected chi connectivity index (χ1v) is 8.43. The van der Waals surface area contributed by atoms with E-state index in [0.717, 1.165) is 23.5 Å². The molecule has 2 atom stereocenters. The third-order valence-corrected chi connectivity index (χ3v) is 4.76. The van der Waals surface area contributed by atoms with Crippen LogP contribution in [0.5, 0.6) is 0 Å². The number of hydrogen-bond donors (Lipinski definition) is 2. The highest BCUT2D eigenvalue weighted by molar-refractivity contribution is 7.09. The van der Waals surface area contributed by atoms with E-state index in [4.69, 9.17) is 0 Å². The van der Waals surface area contributed by atoms with Crippen molar-refractivity contribution in [2.75, 3.05) is 0 Å². The molecule has 2 aromatic heterocycles. The number of carbonyl (C=O) groups is 1. The van der Waals surface area contributed by atoms with Crippen LogP contribution in [0.2, 0.25) is 0 Å². The van der Waals surface area contributed by atoms with Crippen molar-refractivity contribution in [1.82, 2.24) is 20.2 Å². The fourth-order valence-corrected chi connectivity index (χ4v) is 3.09. The molecule has 2 amide bonds. The van der Waals surface area contributed by atoms with E-state index in [9.17, 15) is 4.79 Å². The van der Waals surface area contributed by atoms with Crippen molar-refractivity contribution in [1.29, 1.82) is 0 Å². The summed E-state index contributed by atoms with van der Waals surface area (Å²) >= 11 is 1.57. The first-order chi connectivity index (χ1) is 10.5. The van der Waals surface area contributed by atoms with Crippen LogP contribution in [-0.4, -0.2) is 21.6 Å². The van der Waals surface area contributed by atoms with Crippen LogP contribution in [0.25, 0.3) is 0 Å². The number of hydrogen-bond acceptors (Lipinski definition) is 3. The van der Waals surface area contributed by atoms with E-state index in [1.165, 1.54) is 5.69 Å². The van der Waals surface area contributed by atoms with E-state index in [-0.39, 0.29) is 18.1 Å². The Morgan fingerprint density at radius 1 is 1.41 bits per heavy atom. The number of aryl methyl sites for hydroxylation is 3. The smallest absolute Gasteiger partial charge is 0.315 e. The number of nitrogens with zero attached hydrogens (tertiary/aromatic N) is 2. The van der Waals surface area contributed by atoms with E-state index in [1.807, 2.05) is 45.5 Å². The van der Waals surface area contributed by atoms with Gasteiger partial charge in [0.1, 0.15) is 5.01 Å². The molecule has 5 nitrogen and oxygen atoms in total. The van der Waals surface area contributed by atoms with Crippen molar-refractivity contribution in [3.63, 3.8) is 0 Å². The highest BCUT2D eigenvalue weighted by Gasteiger charge is 2.14. The number of rotatable bonds is 6. The van der Waals surface area contributed by atoms with Gasteiger partial charge in [0.05, 0.1) is 6.04 Å². The van der Waals surface area contributed by atoms with Gasteiger partial charge in [-0.2, -0.15) is 0 Å². The van der Waals surface area contributed by atoms with Crippen molar-refractivity contribution in [2.45, 2.75) is 45.7 Å². The molecular formula is C16H24N4OS. The van der Waals surface area contributed by atoms with Gasteiger partial charge in [-0.15, -0.1) is 11.3 Å². The fourth-order valence-electron chi connectivity index (χ4n) is 2.29. The van der Waals surface area contributed by atoms with Crippen LogP contribution < -0.4 is 10.6 Å². The molecule has 2 N–H and O–H groups in total. The molecule has 0 radical (unpaired) electrons. The standard InChI is InChI=1S/C16H24N4OS/c1-11(7-8-14-6-5-9-20(14)4)18-16(21)19-13(3)15-17-12(2)10-22-15/h5-6,9-11,13H,7-8H2,1-4H3,(H2,18,19,21)/t11-,13+/m1/s1. The Labute approximate surface area is 135 Å². The second-order valence-corrected chi connectivity index (χ2v) is 6.61. The van der Waals surface area contributed by atoms with Crippen LogP contribution in [0, 0.1) is 6.92 Å². The van der Waals surface area contributed by atoms with Gasteiger partial charge in [-0.05, 0) is 45.7 Å². The van der Waals surface area contributed by atoms with Gasteiger partial charge in [-0.25, -0.2) is 9.78 Å². The SMILES string of the molecule is Cc1csc([C@H](C)NC(=O)N[C@H](C)CCc2cccn2C)n1. The zero-order valence-electron chi connectivity index (χ0n) is 13.6. The summed E-state index contributed by atoms with van der Waals surface area (Å²) in [4.78, 5) is 16.4. The van der Waals surface area contributed by atoms with Gasteiger partial charge in [0, 0.05) is 36.1 Å². The van der Waals surface area contributed by atoms with Gasteiger partial charge in [-0.3, -0.25) is 0 Å². The van der Waals surface area contributed by atoms with Gasteiger partial charge in [0.25, 0.3) is 0 Å². The average molecular weight is 320 g/mol. The van der Waals surface area contributed by atoms with Crippen molar-refractivity contribution in [3.8, 4) is 0 Å². The molecule has 0 unspecified atom stereocenters. The average Bonchev–Trinajstić information content (AvgIpc) is 3.05. The minimum Gasteiger partial charge on any atom is -0.354 e. The first-order valence-electron chi connectivity index (χ1n) is 7.55. The summed E-state index contributed by atoms with van der Waals surface area (Å²) in [6.07, 6.45) is 3.90. The van der Waals surface area contributed by atoms with Crippen LogP contribution >= 0.6 is 11.3 Å². The largest absolute Gasteiger partial charge is 0.354 e. The lowest BCUT2D eigenvalue weighted by molar-refractivity contribution is 0.234. The van der Waals surface area contributed by atoms with Gasteiger partial charge in [0.2, 0.25) is 0 Å². The number of carbonyl (C=O) groups excluding carboxylic acids is 1. The highest BCUT2D eigenvalue weighted by atomic mass is 32.1. The van der Waals surface area contributed by atoms with Gasteiger partial charge in [0.15, 0.2) is 0 Å². The van der Waals surface area contributed by atoms with E-state index >= 15 is 0 Å². The molecule has 0 aromatic carbocycles. The first kappa shape index (κ1) is 16.5. The molecule has 2 rings (SSSR count). The maximum absolute atomic E-state index is 12.0. The third-order valence-electron chi connectivity index (χ3n) is 3.62. The summed E-state index contributed by atoms with van der Waals surface area (Å²) in [6, 6.07) is 4.07. The van der Waals surface area contributed by atoms with E-state index in [0.29, 0.717) is 0 Å². The Balaban J connectivity index is 1.75. The Morgan fingerprint density at radius 3 is 2.77 bits per heavy atom. The molecule has 22 heavy (non-hydrogen) atoms. The highest BCUT2D eigenvalue weighted by Crippen LogP contribution is 2.17. The molecule has 0 bridgehead atoms. The topological polar surface area (TPSA) is 59.0 Å². The van der Waals surface area contributed by atoms with Crippen molar-refractivity contribution >= 4 is 17.4 Å². The third kappa shape index (κ3) is 4.59. The molecule has 0 aliphatic heterocycles. The molecule has 0 saturated heterocycles. The molecule has 0 fully saturated rings. The molecule has 0 saturated carbocycles. The molecular weight excluding hydrogens is 296 g/mol. The lowest BCUT2D eigenvalue weighted by Crippen LogP contribution is -2.42. The second kappa shape index (κ2) is 7.45. The normalized spacial score (nSPS) is 13.6. The van der Waals surface area contributed by atoms with E-state index in [1.54, 1.807) is 11.3 Å². The Kier molecular flexibility index (Phi) is 5.60. The Morgan fingerprint density at radius 2 is 2.18 bits per heavy atom. The predicted molar refractivity (Wildman–Crippen MR) is 90.1 cm³/mol. The molecule has 0 aliphatic rings. The quantitative estimate of drug-likeness (QED) is 0.859. The predicted octanol–water partition coefficient (Wildman–Crippen LogP) is 3.17. The lowest BCUT2D eigenvalue weighted by atomic mass is 10.1. The molecule has 2 heterocycles. The Bertz CT molecular complexity index is 619. The van der Waals surface area contributed by atoms with Gasteiger partial charge in [-0.1, -0.05) is 0 Å². The molecule has 2 aromatic rings. The van der Waals surface area contributed by atoms with Crippen molar-refractivity contribution in [2.24, 2.45) is 7.05 Å². The molecule has 0 spiro atoms. The number of nitrogens with one attached hydrogen (secondary N) is 2.